The molecule has 0 heterocycles. The molecule has 0 aliphatic heterocycles. The van der Waals surface area contributed by atoms with Gasteiger partial charge in [-0.1, -0.05) is 12.1 Å². The molecule has 0 amide bonds. The Balaban J connectivity index is 2.22. The quantitative estimate of drug-likeness (QED) is 0.614. The topological polar surface area (TPSA) is 54.5 Å². The highest BCUT2D eigenvalue weighted by atomic mass is 32.2. The summed E-state index contributed by atoms with van der Waals surface area (Å²) >= 11 is 0. The number of nitrogens with zero attached hydrogens (tertiary/aromatic N) is 1. The highest BCUT2D eigenvalue weighted by molar-refractivity contribution is 7.89. The van der Waals surface area contributed by atoms with Crippen molar-refractivity contribution in [1.82, 2.24) is 4.31 Å². The first kappa shape index (κ1) is 18.0. The van der Waals surface area contributed by atoms with Crippen LogP contribution in [-0.2, 0) is 10.0 Å². The van der Waals surface area contributed by atoms with Crippen LogP contribution >= 0.6 is 0 Å². The van der Waals surface area contributed by atoms with Crippen LogP contribution in [0.2, 0.25) is 0 Å². The summed E-state index contributed by atoms with van der Waals surface area (Å²) in [5.74, 6) is -2.48. The molecule has 7 heteroatoms. The molecule has 0 bridgehead atoms. The summed E-state index contributed by atoms with van der Waals surface area (Å²) in [5.41, 5.74) is 0.191. The number of halogens is 2. The standard InChI is InChI=1S/C17H15F2NO3S/c1-20(2)24(22,23)14-9-6-12(7-10-14)16(21)11-8-13-4-3-5-15(18)17(13)19/h3-11H,1-2H3/b11-8+. The molecule has 0 saturated carbocycles. The first-order valence-electron chi connectivity index (χ1n) is 6.92. The Kier molecular flexibility index (Phi) is 5.26. The van der Waals surface area contributed by atoms with E-state index in [1.165, 1.54) is 56.6 Å². The van der Waals surface area contributed by atoms with E-state index in [0.29, 0.717) is 0 Å². The predicted molar refractivity (Wildman–Crippen MR) is 87.0 cm³/mol. The van der Waals surface area contributed by atoms with Gasteiger partial charge in [0.05, 0.1) is 4.90 Å². The largest absolute Gasteiger partial charge is 0.289 e. The number of carbonyl (C=O) groups is 1. The molecule has 4 nitrogen and oxygen atoms in total. The lowest BCUT2D eigenvalue weighted by Gasteiger charge is -2.11. The van der Waals surface area contributed by atoms with Crippen molar-refractivity contribution in [3.63, 3.8) is 0 Å². The molecule has 0 atom stereocenters. The van der Waals surface area contributed by atoms with Gasteiger partial charge in [0.2, 0.25) is 10.0 Å². The van der Waals surface area contributed by atoms with Crippen molar-refractivity contribution >= 4 is 21.9 Å². The number of ketones is 1. The first-order valence-corrected chi connectivity index (χ1v) is 8.36. The van der Waals surface area contributed by atoms with Crippen LogP contribution in [0, 0.1) is 11.6 Å². The van der Waals surface area contributed by atoms with Gasteiger partial charge in [-0.05, 0) is 42.5 Å². The molecular formula is C17H15F2NO3S. The molecular weight excluding hydrogens is 336 g/mol. The Morgan fingerprint density at radius 1 is 1.04 bits per heavy atom. The maximum absolute atomic E-state index is 13.5. The Hall–Kier alpha value is -2.38. The zero-order valence-electron chi connectivity index (χ0n) is 13.0. The minimum atomic E-state index is -3.57. The molecule has 0 radical (unpaired) electrons. The van der Waals surface area contributed by atoms with Crippen molar-refractivity contribution in [3.8, 4) is 0 Å². The highest BCUT2D eigenvalue weighted by Crippen LogP contribution is 2.16. The maximum Gasteiger partial charge on any atom is 0.242 e. The lowest BCUT2D eigenvalue weighted by atomic mass is 10.1. The van der Waals surface area contributed by atoms with E-state index in [0.717, 1.165) is 16.4 Å². The molecule has 2 aromatic rings. The van der Waals surface area contributed by atoms with E-state index in [-0.39, 0.29) is 16.0 Å². The maximum atomic E-state index is 13.5. The van der Waals surface area contributed by atoms with Crippen molar-refractivity contribution in [3.05, 3.63) is 71.3 Å². The summed E-state index contributed by atoms with van der Waals surface area (Å²) in [6, 6.07) is 9.03. The molecule has 24 heavy (non-hydrogen) atoms. The SMILES string of the molecule is CN(C)S(=O)(=O)c1ccc(C(=O)/C=C/c2cccc(F)c2F)cc1. The molecule has 2 rings (SSSR count). The average Bonchev–Trinajstić information content (AvgIpc) is 2.56. The molecule has 0 spiro atoms. The van der Waals surface area contributed by atoms with Crippen molar-refractivity contribution in [1.29, 1.82) is 0 Å². The average molecular weight is 351 g/mol. The second-order valence-corrected chi connectivity index (χ2v) is 7.30. The second-order valence-electron chi connectivity index (χ2n) is 5.15. The molecule has 0 saturated heterocycles. The van der Waals surface area contributed by atoms with E-state index >= 15 is 0 Å². The van der Waals surface area contributed by atoms with Gasteiger partial charge in [-0.25, -0.2) is 21.5 Å². The van der Waals surface area contributed by atoms with E-state index in [4.69, 9.17) is 0 Å². The summed E-state index contributed by atoms with van der Waals surface area (Å²) < 4.78 is 51.6. The third kappa shape index (κ3) is 3.74. The normalized spacial score (nSPS) is 12.0. The van der Waals surface area contributed by atoms with Crippen LogP contribution < -0.4 is 0 Å². The molecule has 0 aliphatic rings. The third-order valence-corrected chi connectivity index (χ3v) is 5.14. The van der Waals surface area contributed by atoms with Gasteiger partial charge in [-0.15, -0.1) is 0 Å². The van der Waals surface area contributed by atoms with Crippen LogP contribution in [0.25, 0.3) is 6.08 Å². The van der Waals surface area contributed by atoms with Crippen LogP contribution in [0.15, 0.2) is 53.4 Å². The summed E-state index contributed by atoms with van der Waals surface area (Å²) in [6.07, 6.45) is 2.28. The molecule has 0 unspecified atom stereocenters. The van der Waals surface area contributed by atoms with Crippen LogP contribution in [0.5, 0.6) is 0 Å². The van der Waals surface area contributed by atoms with E-state index in [1.54, 1.807) is 0 Å². The Morgan fingerprint density at radius 2 is 1.67 bits per heavy atom. The molecule has 0 N–H and O–H groups in total. The summed E-state index contributed by atoms with van der Waals surface area (Å²) in [6.45, 7) is 0. The number of allylic oxidation sites excluding steroid dienone is 1. The fourth-order valence-electron chi connectivity index (χ4n) is 1.91. The summed E-state index contributed by atoms with van der Waals surface area (Å²) in [5, 5.41) is 0. The van der Waals surface area contributed by atoms with E-state index < -0.39 is 27.4 Å². The first-order chi connectivity index (χ1) is 11.2. The zero-order valence-corrected chi connectivity index (χ0v) is 13.8. The van der Waals surface area contributed by atoms with Gasteiger partial charge in [0.1, 0.15) is 0 Å². The van der Waals surface area contributed by atoms with Crippen molar-refractivity contribution in [2.75, 3.05) is 14.1 Å². The molecule has 0 aliphatic carbocycles. The number of benzene rings is 2. The number of rotatable bonds is 5. The van der Waals surface area contributed by atoms with Crippen LogP contribution in [0.1, 0.15) is 15.9 Å². The summed E-state index contributed by atoms with van der Waals surface area (Å²) in [4.78, 5) is 12.1. The van der Waals surface area contributed by atoms with Gasteiger partial charge in [0.15, 0.2) is 17.4 Å². The smallest absolute Gasteiger partial charge is 0.242 e. The Bertz CT molecular complexity index is 889. The van der Waals surface area contributed by atoms with Crippen molar-refractivity contribution in [2.45, 2.75) is 4.90 Å². The van der Waals surface area contributed by atoms with Crippen LogP contribution in [0.4, 0.5) is 8.78 Å². The highest BCUT2D eigenvalue weighted by Gasteiger charge is 2.17. The Morgan fingerprint density at radius 3 is 2.25 bits per heavy atom. The number of sulfonamides is 1. The lowest BCUT2D eigenvalue weighted by Crippen LogP contribution is -2.22. The Labute approximate surface area is 139 Å². The second kappa shape index (κ2) is 7.02. The summed E-state index contributed by atoms with van der Waals surface area (Å²) in [7, 11) is -0.757. The van der Waals surface area contributed by atoms with E-state index in [9.17, 15) is 22.0 Å². The van der Waals surface area contributed by atoms with Gasteiger partial charge < -0.3 is 0 Å². The third-order valence-electron chi connectivity index (χ3n) is 3.31. The molecule has 0 aromatic heterocycles. The van der Waals surface area contributed by atoms with Gasteiger partial charge in [-0.3, -0.25) is 4.79 Å². The van der Waals surface area contributed by atoms with Crippen LogP contribution in [0.3, 0.4) is 0 Å². The van der Waals surface area contributed by atoms with Gasteiger partial charge in [-0.2, -0.15) is 0 Å². The lowest BCUT2D eigenvalue weighted by molar-refractivity contribution is 0.104. The molecule has 0 fully saturated rings. The zero-order chi connectivity index (χ0) is 17.9. The number of hydrogen-bond donors (Lipinski definition) is 0. The van der Waals surface area contributed by atoms with E-state index in [2.05, 4.69) is 0 Å². The van der Waals surface area contributed by atoms with E-state index in [1.807, 2.05) is 0 Å². The molecule has 2 aromatic carbocycles. The van der Waals surface area contributed by atoms with Crippen LogP contribution in [-0.4, -0.2) is 32.6 Å². The fraction of sp³-hybridized carbons (Fsp3) is 0.118. The monoisotopic (exact) mass is 351 g/mol. The van der Waals surface area contributed by atoms with Gasteiger partial charge >= 0.3 is 0 Å². The minimum absolute atomic E-state index is 0.0462. The number of carbonyl (C=O) groups excluding carboxylic acids is 1. The fourth-order valence-corrected chi connectivity index (χ4v) is 2.81. The predicted octanol–water partition coefficient (Wildman–Crippen LogP) is 3.11. The van der Waals surface area contributed by atoms with Gasteiger partial charge in [0.25, 0.3) is 0 Å². The van der Waals surface area contributed by atoms with Crippen molar-refractivity contribution in [2.24, 2.45) is 0 Å². The molecule has 126 valence electrons. The number of hydrogen-bond acceptors (Lipinski definition) is 3. The van der Waals surface area contributed by atoms with Gasteiger partial charge in [0, 0.05) is 25.2 Å². The minimum Gasteiger partial charge on any atom is -0.289 e. The van der Waals surface area contributed by atoms with Crippen molar-refractivity contribution < 1.29 is 22.0 Å².